The summed E-state index contributed by atoms with van der Waals surface area (Å²) in [5, 5.41) is 0. The number of ether oxygens (including phenoxy) is 2. The van der Waals surface area contributed by atoms with Crippen LogP contribution in [-0.4, -0.2) is 33.7 Å². The van der Waals surface area contributed by atoms with Gasteiger partial charge in [-0.25, -0.2) is 4.79 Å². The van der Waals surface area contributed by atoms with Gasteiger partial charge in [0.05, 0.1) is 11.5 Å². The standard InChI is InChI=1S/C22H21NO4S2/c1-3-26-21(25)15(2)23-20(24)19(29-22(23)28)13-16-9-11-18(12-10-16)27-14-17-7-5-4-6-8-17/h4-13,15H,3,14H2,1-2H3/b19-13-/t15-/m0/s1. The number of thiocarbonyl (C=S) groups is 1. The van der Waals surface area contributed by atoms with Gasteiger partial charge in [0.2, 0.25) is 0 Å². The first-order valence-electron chi connectivity index (χ1n) is 9.20. The molecule has 0 spiro atoms. The third-order valence-electron chi connectivity index (χ3n) is 4.26. The van der Waals surface area contributed by atoms with E-state index in [4.69, 9.17) is 21.7 Å². The zero-order valence-corrected chi connectivity index (χ0v) is 17.8. The lowest BCUT2D eigenvalue weighted by atomic mass is 10.2. The fourth-order valence-corrected chi connectivity index (χ4v) is 4.15. The Hall–Kier alpha value is -2.64. The van der Waals surface area contributed by atoms with Crippen LogP contribution in [0.25, 0.3) is 6.08 Å². The molecule has 1 fully saturated rings. The van der Waals surface area contributed by atoms with Gasteiger partial charge in [-0.15, -0.1) is 0 Å². The number of thioether (sulfide) groups is 1. The Morgan fingerprint density at radius 3 is 2.52 bits per heavy atom. The number of carbonyl (C=O) groups is 2. The summed E-state index contributed by atoms with van der Waals surface area (Å²) in [4.78, 5) is 26.5. The minimum Gasteiger partial charge on any atom is -0.489 e. The van der Waals surface area contributed by atoms with Crippen molar-refractivity contribution < 1.29 is 19.1 Å². The molecular formula is C22H21NO4S2. The summed E-state index contributed by atoms with van der Waals surface area (Å²) < 4.78 is 11.1. The van der Waals surface area contributed by atoms with Crippen LogP contribution in [0.2, 0.25) is 0 Å². The van der Waals surface area contributed by atoms with Gasteiger partial charge < -0.3 is 9.47 Å². The molecule has 1 aliphatic heterocycles. The number of hydrogen-bond donors (Lipinski definition) is 0. The third kappa shape index (κ3) is 5.25. The van der Waals surface area contributed by atoms with Gasteiger partial charge in [0, 0.05) is 0 Å². The van der Waals surface area contributed by atoms with Crippen LogP contribution in [0.5, 0.6) is 5.75 Å². The van der Waals surface area contributed by atoms with Crippen molar-refractivity contribution in [3.63, 3.8) is 0 Å². The molecule has 1 saturated heterocycles. The van der Waals surface area contributed by atoms with Crippen molar-refractivity contribution in [2.75, 3.05) is 6.61 Å². The van der Waals surface area contributed by atoms with Crippen molar-refractivity contribution in [3.05, 3.63) is 70.6 Å². The Labute approximate surface area is 179 Å². The van der Waals surface area contributed by atoms with Gasteiger partial charge in [0.1, 0.15) is 22.7 Å². The molecule has 1 amide bonds. The van der Waals surface area contributed by atoms with E-state index in [2.05, 4.69) is 0 Å². The molecule has 1 atom stereocenters. The van der Waals surface area contributed by atoms with Gasteiger partial charge in [-0.1, -0.05) is 66.4 Å². The maximum atomic E-state index is 12.7. The van der Waals surface area contributed by atoms with Gasteiger partial charge in [-0.2, -0.15) is 0 Å². The highest BCUT2D eigenvalue weighted by atomic mass is 32.2. The second-order valence-corrected chi connectivity index (χ2v) is 8.00. The van der Waals surface area contributed by atoms with Crippen molar-refractivity contribution in [1.82, 2.24) is 4.90 Å². The lowest BCUT2D eigenvalue weighted by Crippen LogP contribution is -2.42. The number of rotatable bonds is 7. The van der Waals surface area contributed by atoms with Crippen molar-refractivity contribution in [2.24, 2.45) is 0 Å². The Morgan fingerprint density at radius 2 is 1.86 bits per heavy atom. The number of hydrogen-bond acceptors (Lipinski definition) is 6. The van der Waals surface area contributed by atoms with Crippen molar-refractivity contribution in [1.29, 1.82) is 0 Å². The van der Waals surface area contributed by atoms with Crippen LogP contribution >= 0.6 is 24.0 Å². The molecule has 5 nitrogen and oxygen atoms in total. The molecule has 150 valence electrons. The summed E-state index contributed by atoms with van der Waals surface area (Å²) >= 11 is 6.47. The van der Waals surface area contributed by atoms with E-state index in [-0.39, 0.29) is 12.5 Å². The first-order valence-corrected chi connectivity index (χ1v) is 10.4. The van der Waals surface area contributed by atoms with E-state index in [1.165, 1.54) is 16.7 Å². The second kappa shape index (κ2) is 9.71. The Kier molecular flexibility index (Phi) is 7.06. The number of esters is 1. The lowest BCUT2D eigenvalue weighted by Gasteiger charge is -2.21. The molecule has 2 aromatic carbocycles. The minimum absolute atomic E-state index is 0.256. The first-order chi connectivity index (χ1) is 14.0. The van der Waals surface area contributed by atoms with Crippen molar-refractivity contribution in [2.45, 2.75) is 26.5 Å². The molecule has 0 N–H and O–H groups in total. The average molecular weight is 428 g/mol. The SMILES string of the molecule is CCOC(=O)[C@H](C)N1C(=O)/C(=C/c2ccc(OCc3ccccc3)cc2)SC1=S. The molecular weight excluding hydrogens is 406 g/mol. The minimum atomic E-state index is -0.748. The number of benzene rings is 2. The molecule has 1 heterocycles. The highest BCUT2D eigenvalue weighted by molar-refractivity contribution is 8.26. The summed E-state index contributed by atoms with van der Waals surface area (Å²) in [5.41, 5.74) is 1.94. The zero-order valence-electron chi connectivity index (χ0n) is 16.2. The third-order valence-corrected chi connectivity index (χ3v) is 5.60. The van der Waals surface area contributed by atoms with E-state index < -0.39 is 12.0 Å². The van der Waals surface area contributed by atoms with Gasteiger partial charge in [-0.3, -0.25) is 9.69 Å². The average Bonchev–Trinajstić information content (AvgIpc) is 3.01. The number of nitrogens with zero attached hydrogens (tertiary/aromatic N) is 1. The summed E-state index contributed by atoms with van der Waals surface area (Å²) in [6.45, 7) is 4.09. The highest BCUT2D eigenvalue weighted by Gasteiger charge is 2.38. The normalized spacial score (nSPS) is 16.2. The summed E-state index contributed by atoms with van der Waals surface area (Å²) in [6.07, 6.45) is 1.76. The maximum absolute atomic E-state index is 12.7. The van der Waals surface area contributed by atoms with E-state index in [9.17, 15) is 9.59 Å². The number of amides is 1. The van der Waals surface area contributed by atoms with E-state index in [1.807, 2.05) is 54.6 Å². The van der Waals surface area contributed by atoms with Crippen LogP contribution in [-0.2, 0) is 20.9 Å². The van der Waals surface area contributed by atoms with Gasteiger partial charge in [-0.05, 0) is 43.2 Å². The smallest absolute Gasteiger partial charge is 0.329 e. The highest BCUT2D eigenvalue weighted by Crippen LogP contribution is 2.34. The van der Waals surface area contributed by atoms with E-state index in [0.717, 1.165) is 16.9 Å². The molecule has 29 heavy (non-hydrogen) atoms. The molecule has 0 aliphatic carbocycles. The van der Waals surface area contributed by atoms with Crippen molar-refractivity contribution >= 4 is 46.3 Å². The molecule has 7 heteroatoms. The summed E-state index contributed by atoms with van der Waals surface area (Å²) in [5.74, 6) is -0.00981. The van der Waals surface area contributed by atoms with Crippen LogP contribution in [0.4, 0.5) is 0 Å². The second-order valence-electron chi connectivity index (χ2n) is 6.32. The summed E-state index contributed by atoms with van der Waals surface area (Å²) in [7, 11) is 0. The van der Waals surface area contributed by atoms with Gasteiger partial charge >= 0.3 is 5.97 Å². The Balaban J connectivity index is 1.66. The molecule has 1 aliphatic rings. The fourth-order valence-electron chi connectivity index (χ4n) is 2.73. The fraction of sp³-hybridized carbons (Fsp3) is 0.227. The quantitative estimate of drug-likeness (QED) is 0.370. The maximum Gasteiger partial charge on any atom is 0.329 e. The summed E-state index contributed by atoms with van der Waals surface area (Å²) in [6, 6.07) is 16.6. The lowest BCUT2D eigenvalue weighted by molar-refractivity contribution is -0.149. The molecule has 0 radical (unpaired) electrons. The van der Waals surface area contributed by atoms with E-state index >= 15 is 0 Å². The predicted octanol–water partition coefficient (Wildman–Crippen LogP) is 4.42. The topological polar surface area (TPSA) is 55.8 Å². The largest absolute Gasteiger partial charge is 0.489 e. The zero-order chi connectivity index (χ0) is 20.8. The molecule has 0 bridgehead atoms. The molecule has 2 aromatic rings. The van der Waals surface area contributed by atoms with Gasteiger partial charge in [0.25, 0.3) is 5.91 Å². The molecule has 0 aromatic heterocycles. The van der Waals surface area contributed by atoms with Crippen LogP contribution in [0.15, 0.2) is 59.5 Å². The monoisotopic (exact) mass is 427 g/mol. The van der Waals surface area contributed by atoms with Crippen molar-refractivity contribution in [3.8, 4) is 5.75 Å². The van der Waals surface area contributed by atoms with E-state index in [1.54, 1.807) is 19.9 Å². The predicted molar refractivity (Wildman–Crippen MR) is 118 cm³/mol. The van der Waals surface area contributed by atoms with Crippen LogP contribution in [0.3, 0.4) is 0 Å². The molecule has 0 unspecified atom stereocenters. The van der Waals surface area contributed by atoms with Crippen LogP contribution in [0, 0.1) is 0 Å². The van der Waals surface area contributed by atoms with E-state index in [0.29, 0.717) is 15.8 Å². The Bertz CT molecular complexity index is 926. The van der Waals surface area contributed by atoms with Gasteiger partial charge in [0.15, 0.2) is 0 Å². The van der Waals surface area contributed by atoms with Crippen LogP contribution in [0.1, 0.15) is 25.0 Å². The first kappa shape index (κ1) is 21.1. The number of carbonyl (C=O) groups excluding carboxylic acids is 2. The van der Waals surface area contributed by atoms with Crippen LogP contribution < -0.4 is 4.74 Å². The molecule has 3 rings (SSSR count). The Morgan fingerprint density at radius 1 is 1.17 bits per heavy atom. The molecule has 0 saturated carbocycles.